The summed E-state index contributed by atoms with van der Waals surface area (Å²) in [5, 5.41) is 3.05. The van der Waals surface area contributed by atoms with Crippen molar-refractivity contribution < 1.29 is 9.13 Å². The number of benzene rings is 1. The summed E-state index contributed by atoms with van der Waals surface area (Å²) < 4.78 is 19.1. The zero-order chi connectivity index (χ0) is 10.1. The Morgan fingerprint density at radius 1 is 1.57 bits per heavy atom. The second kappa shape index (κ2) is 3.65. The van der Waals surface area contributed by atoms with Crippen molar-refractivity contribution in [2.75, 3.05) is 24.2 Å². The molecule has 0 aliphatic carbocycles. The molecule has 0 atom stereocenters. The summed E-state index contributed by atoms with van der Waals surface area (Å²) in [6.45, 7) is 1.37. The van der Waals surface area contributed by atoms with Gasteiger partial charge < -0.3 is 15.8 Å². The number of nitrogens with two attached hydrogens (primary N) is 1. The van der Waals surface area contributed by atoms with Gasteiger partial charge in [-0.05, 0) is 28.4 Å². The molecule has 0 radical (unpaired) electrons. The van der Waals surface area contributed by atoms with E-state index in [0.29, 0.717) is 22.5 Å². The molecule has 0 bridgehead atoms. The maximum atomic E-state index is 13.4. The summed E-state index contributed by atoms with van der Waals surface area (Å²) in [7, 11) is 0. The average molecular weight is 261 g/mol. The van der Waals surface area contributed by atoms with Gasteiger partial charge in [-0.1, -0.05) is 0 Å². The zero-order valence-corrected chi connectivity index (χ0v) is 9.03. The van der Waals surface area contributed by atoms with Gasteiger partial charge in [0, 0.05) is 6.54 Å². The Bertz CT molecular complexity index is 370. The predicted octanol–water partition coefficient (Wildman–Crippen LogP) is 2.36. The molecule has 0 unspecified atom stereocenters. The van der Waals surface area contributed by atoms with Crippen molar-refractivity contribution in [1.29, 1.82) is 0 Å². The highest BCUT2D eigenvalue weighted by molar-refractivity contribution is 9.10. The fourth-order valence-electron chi connectivity index (χ4n) is 1.39. The number of hydrogen-bond donors (Lipinski definition) is 2. The van der Waals surface area contributed by atoms with E-state index in [-0.39, 0.29) is 5.69 Å². The Kier molecular flexibility index (Phi) is 2.50. The Hall–Kier alpha value is -0.970. The molecular formula is C9H10BrFN2O. The molecule has 1 aromatic carbocycles. The molecule has 2 rings (SSSR count). The van der Waals surface area contributed by atoms with Crippen molar-refractivity contribution in [2.24, 2.45) is 0 Å². The second-order valence-corrected chi connectivity index (χ2v) is 3.94. The van der Waals surface area contributed by atoms with Gasteiger partial charge in [0.25, 0.3) is 0 Å². The number of hydrogen-bond acceptors (Lipinski definition) is 3. The highest BCUT2D eigenvalue weighted by atomic mass is 79.9. The first-order valence-corrected chi connectivity index (χ1v) is 5.13. The van der Waals surface area contributed by atoms with E-state index in [9.17, 15) is 4.39 Å². The van der Waals surface area contributed by atoms with Crippen molar-refractivity contribution in [3.05, 3.63) is 16.4 Å². The molecule has 1 aliphatic heterocycles. The van der Waals surface area contributed by atoms with E-state index < -0.39 is 5.82 Å². The van der Waals surface area contributed by atoms with Crippen LogP contribution in [-0.4, -0.2) is 13.2 Å². The fraction of sp³-hybridized carbons (Fsp3) is 0.333. The lowest BCUT2D eigenvalue weighted by molar-refractivity contribution is 0.322. The van der Waals surface area contributed by atoms with Crippen LogP contribution in [0.1, 0.15) is 6.42 Å². The average Bonchev–Trinajstić information content (AvgIpc) is 2.39. The summed E-state index contributed by atoms with van der Waals surface area (Å²) >= 11 is 3.09. The summed E-state index contributed by atoms with van der Waals surface area (Å²) in [5.74, 6) is 0.162. The molecule has 76 valence electrons. The van der Waals surface area contributed by atoms with Crippen molar-refractivity contribution in [2.45, 2.75) is 6.42 Å². The van der Waals surface area contributed by atoms with E-state index in [1.165, 1.54) is 0 Å². The number of nitrogens with one attached hydrogen (secondary N) is 1. The second-order valence-electron chi connectivity index (χ2n) is 3.09. The number of rotatable bonds is 0. The number of fused-ring (bicyclic) bond motifs is 1. The van der Waals surface area contributed by atoms with Gasteiger partial charge in [-0.2, -0.15) is 0 Å². The van der Waals surface area contributed by atoms with Crippen LogP contribution in [0.15, 0.2) is 10.5 Å². The Morgan fingerprint density at radius 2 is 2.36 bits per heavy atom. The molecule has 0 saturated carbocycles. The Labute approximate surface area is 89.6 Å². The minimum Gasteiger partial charge on any atom is -0.491 e. The van der Waals surface area contributed by atoms with E-state index >= 15 is 0 Å². The Morgan fingerprint density at radius 3 is 3.14 bits per heavy atom. The lowest BCUT2D eigenvalue weighted by Crippen LogP contribution is -2.04. The van der Waals surface area contributed by atoms with Gasteiger partial charge in [0.05, 0.1) is 16.8 Å². The maximum Gasteiger partial charge on any atom is 0.162 e. The number of halogens is 2. The first kappa shape index (κ1) is 9.58. The van der Waals surface area contributed by atoms with Crippen LogP contribution in [0, 0.1) is 5.82 Å². The van der Waals surface area contributed by atoms with Gasteiger partial charge in [0.1, 0.15) is 11.4 Å². The van der Waals surface area contributed by atoms with Crippen LogP contribution in [0.2, 0.25) is 0 Å². The van der Waals surface area contributed by atoms with Crippen LogP contribution >= 0.6 is 15.9 Å². The summed E-state index contributed by atoms with van der Waals surface area (Å²) in [6, 6.07) is 1.60. The third kappa shape index (κ3) is 1.52. The van der Waals surface area contributed by atoms with Crippen LogP contribution < -0.4 is 15.8 Å². The van der Waals surface area contributed by atoms with Gasteiger partial charge in [-0.25, -0.2) is 4.39 Å². The van der Waals surface area contributed by atoms with Crippen molar-refractivity contribution in [3.63, 3.8) is 0 Å². The molecule has 5 heteroatoms. The van der Waals surface area contributed by atoms with Crippen LogP contribution in [0.4, 0.5) is 15.8 Å². The maximum absolute atomic E-state index is 13.4. The van der Waals surface area contributed by atoms with Gasteiger partial charge in [-0.3, -0.25) is 0 Å². The zero-order valence-electron chi connectivity index (χ0n) is 7.44. The molecule has 3 nitrogen and oxygen atoms in total. The molecule has 14 heavy (non-hydrogen) atoms. The highest BCUT2D eigenvalue weighted by Crippen LogP contribution is 2.38. The Balaban J connectivity index is 2.55. The molecule has 1 aliphatic rings. The standard InChI is InChI=1S/C9H10BrFN2O/c10-5-4-6-9(8(12)7(5)11)13-2-1-3-14-6/h4,13H,1-3,12H2. The fourth-order valence-corrected chi connectivity index (χ4v) is 1.81. The van der Waals surface area contributed by atoms with E-state index in [4.69, 9.17) is 10.5 Å². The lowest BCUT2D eigenvalue weighted by atomic mass is 10.2. The summed E-state index contributed by atoms with van der Waals surface area (Å²) in [5.41, 5.74) is 6.29. The predicted molar refractivity (Wildman–Crippen MR) is 57.1 cm³/mol. The highest BCUT2D eigenvalue weighted by Gasteiger charge is 2.17. The molecule has 0 spiro atoms. The minimum absolute atomic E-state index is 0.108. The van der Waals surface area contributed by atoms with E-state index in [0.717, 1.165) is 13.0 Å². The van der Waals surface area contributed by atoms with E-state index in [1.54, 1.807) is 6.07 Å². The molecule has 1 heterocycles. The minimum atomic E-state index is -0.443. The van der Waals surface area contributed by atoms with Gasteiger partial charge in [-0.15, -0.1) is 0 Å². The quantitative estimate of drug-likeness (QED) is 0.705. The van der Waals surface area contributed by atoms with E-state index in [1.807, 2.05) is 0 Å². The monoisotopic (exact) mass is 260 g/mol. The van der Waals surface area contributed by atoms with Gasteiger partial charge in [0.2, 0.25) is 0 Å². The topological polar surface area (TPSA) is 47.3 Å². The van der Waals surface area contributed by atoms with Crippen LogP contribution in [-0.2, 0) is 0 Å². The van der Waals surface area contributed by atoms with E-state index in [2.05, 4.69) is 21.2 Å². The first-order chi connectivity index (χ1) is 6.70. The normalized spacial score (nSPS) is 15.0. The van der Waals surface area contributed by atoms with Gasteiger partial charge >= 0.3 is 0 Å². The number of anilines is 2. The molecule has 1 aromatic rings. The van der Waals surface area contributed by atoms with Crippen LogP contribution in [0.5, 0.6) is 5.75 Å². The summed E-state index contributed by atoms with van der Waals surface area (Å²) in [6.07, 6.45) is 0.882. The summed E-state index contributed by atoms with van der Waals surface area (Å²) in [4.78, 5) is 0. The van der Waals surface area contributed by atoms with Crippen molar-refractivity contribution in [3.8, 4) is 5.75 Å². The molecule has 3 N–H and O–H groups in total. The number of ether oxygens (including phenoxy) is 1. The molecule has 0 amide bonds. The first-order valence-electron chi connectivity index (χ1n) is 4.34. The van der Waals surface area contributed by atoms with Gasteiger partial charge in [0.15, 0.2) is 5.82 Å². The smallest absolute Gasteiger partial charge is 0.162 e. The van der Waals surface area contributed by atoms with Crippen LogP contribution in [0.25, 0.3) is 0 Å². The molecule has 0 saturated heterocycles. The SMILES string of the molecule is Nc1c(F)c(Br)cc2c1NCCCO2. The molecular weight excluding hydrogens is 251 g/mol. The molecule has 0 fully saturated rings. The van der Waals surface area contributed by atoms with Crippen molar-refractivity contribution >= 4 is 27.3 Å². The lowest BCUT2D eigenvalue weighted by Gasteiger charge is -2.12. The third-order valence-electron chi connectivity index (χ3n) is 2.10. The third-order valence-corrected chi connectivity index (χ3v) is 2.68. The van der Waals surface area contributed by atoms with Crippen LogP contribution in [0.3, 0.4) is 0 Å². The largest absolute Gasteiger partial charge is 0.491 e. The number of nitrogen functional groups attached to an aromatic ring is 1. The van der Waals surface area contributed by atoms with Crippen molar-refractivity contribution in [1.82, 2.24) is 0 Å². The molecule has 0 aromatic heterocycles.